The van der Waals surface area contributed by atoms with E-state index in [1.807, 2.05) is 35.2 Å². The summed E-state index contributed by atoms with van der Waals surface area (Å²) in [6, 6.07) is 20.1. The van der Waals surface area contributed by atoms with Gasteiger partial charge in [-0.2, -0.15) is 0 Å². The van der Waals surface area contributed by atoms with Crippen molar-refractivity contribution in [2.75, 3.05) is 26.8 Å². The number of amides is 1. The van der Waals surface area contributed by atoms with Gasteiger partial charge in [0.2, 0.25) is 0 Å². The largest absolute Gasteiger partial charge is 0.497 e. The minimum Gasteiger partial charge on any atom is -0.497 e. The number of ether oxygens (including phenoxy) is 2. The Morgan fingerprint density at radius 3 is 2.54 bits per heavy atom. The van der Waals surface area contributed by atoms with Gasteiger partial charge >= 0.3 is 0 Å². The van der Waals surface area contributed by atoms with Crippen molar-refractivity contribution in [3.63, 3.8) is 0 Å². The summed E-state index contributed by atoms with van der Waals surface area (Å²) in [4.78, 5) is 26.9. The molecule has 0 saturated carbocycles. The zero-order valence-electron chi connectivity index (χ0n) is 19.7. The SMILES string of the molecule is COc1cccc([C@@H](c2ccc(F)cc2)C2CCN(C(=O)c3ccc4c(c3)CC(=O)CO4)CC2)c1. The van der Waals surface area contributed by atoms with Gasteiger partial charge < -0.3 is 14.4 Å². The second-order valence-electron chi connectivity index (χ2n) is 9.26. The standard InChI is InChI=1S/C29H28FNO4/c1-34-26-4-2-3-21(17-26)28(19-5-8-24(30)9-6-19)20-11-13-31(14-12-20)29(33)22-7-10-27-23(15-22)16-25(32)18-35-27/h2-10,15,17,20,28H,11-14,16,18H2,1H3/t28-/m0/s1. The van der Waals surface area contributed by atoms with Gasteiger partial charge in [-0.15, -0.1) is 0 Å². The number of carbonyl (C=O) groups is 2. The van der Waals surface area contributed by atoms with E-state index in [0.717, 1.165) is 35.3 Å². The second-order valence-corrected chi connectivity index (χ2v) is 9.26. The molecular weight excluding hydrogens is 445 g/mol. The van der Waals surface area contributed by atoms with E-state index in [-0.39, 0.29) is 30.0 Å². The number of likely N-dealkylation sites (tertiary alicyclic amines) is 1. The van der Waals surface area contributed by atoms with Gasteiger partial charge in [-0.25, -0.2) is 4.39 Å². The Balaban J connectivity index is 1.34. The number of Topliss-reactive ketones (excluding diaryl/α,β-unsaturated/α-hetero) is 1. The van der Waals surface area contributed by atoms with Crippen molar-refractivity contribution >= 4 is 11.7 Å². The van der Waals surface area contributed by atoms with Crippen LogP contribution in [0.25, 0.3) is 0 Å². The Labute approximate surface area is 204 Å². The van der Waals surface area contributed by atoms with E-state index in [1.54, 1.807) is 25.3 Å². The van der Waals surface area contributed by atoms with Gasteiger partial charge in [0, 0.05) is 36.6 Å². The summed E-state index contributed by atoms with van der Waals surface area (Å²) in [5.74, 6) is 1.59. The molecule has 0 aliphatic carbocycles. The molecule has 1 fully saturated rings. The molecule has 6 heteroatoms. The molecule has 0 radical (unpaired) electrons. The van der Waals surface area contributed by atoms with Gasteiger partial charge in [-0.05, 0) is 72.4 Å². The zero-order valence-corrected chi connectivity index (χ0v) is 19.7. The van der Waals surface area contributed by atoms with Crippen molar-refractivity contribution in [1.29, 1.82) is 0 Å². The summed E-state index contributed by atoms with van der Waals surface area (Å²) in [5, 5.41) is 0. The first-order chi connectivity index (χ1) is 17.0. The van der Waals surface area contributed by atoms with Crippen LogP contribution in [-0.4, -0.2) is 43.4 Å². The van der Waals surface area contributed by atoms with E-state index in [0.29, 0.717) is 36.7 Å². The van der Waals surface area contributed by atoms with Crippen molar-refractivity contribution in [1.82, 2.24) is 4.90 Å². The van der Waals surface area contributed by atoms with Gasteiger partial charge in [-0.3, -0.25) is 9.59 Å². The Bertz CT molecular complexity index is 1230. The molecule has 0 unspecified atom stereocenters. The van der Waals surface area contributed by atoms with E-state index in [1.165, 1.54) is 12.1 Å². The molecule has 5 nitrogen and oxygen atoms in total. The van der Waals surface area contributed by atoms with Crippen LogP contribution in [0.2, 0.25) is 0 Å². The van der Waals surface area contributed by atoms with Crippen molar-refractivity contribution in [3.8, 4) is 11.5 Å². The highest BCUT2D eigenvalue weighted by molar-refractivity contribution is 5.95. The molecule has 2 heterocycles. The number of hydrogen-bond acceptors (Lipinski definition) is 4. The number of methoxy groups -OCH3 is 1. The molecule has 2 aliphatic rings. The van der Waals surface area contributed by atoms with Gasteiger partial charge in [0.05, 0.1) is 7.11 Å². The molecule has 0 N–H and O–H groups in total. The van der Waals surface area contributed by atoms with Crippen LogP contribution >= 0.6 is 0 Å². The molecule has 35 heavy (non-hydrogen) atoms. The normalized spacial score (nSPS) is 16.9. The molecule has 2 aliphatic heterocycles. The number of carbonyl (C=O) groups excluding carboxylic acids is 2. The number of rotatable bonds is 5. The smallest absolute Gasteiger partial charge is 0.253 e. The molecule has 3 aromatic rings. The van der Waals surface area contributed by atoms with E-state index in [4.69, 9.17) is 9.47 Å². The topological polar surface area (TPSA) is 55.8 Å². The first kappa shape index (κ1) is 23.1. The predicted molar refractivity (Wildman–Crippen MR) is 131 cm³/mol. The van der Waals surface area contributed by atoms with Crippen LogP contribution in [0, 0.1) is 11.7 Å². The van der Waals surface area contributed by atoms with Crippen LogP contribution in [0.5, 0.6) is 11.5 Å². The van der Waals surface area contributed by atoms with Crippen LogP contribution < -0.4 is 9.47 Å². The number of fused-ring (bicyclic) bond motifs is 1. The minimum atomic E-state index is -0.254. The molecule has 0 spiro atoms. The van der Waals surface area contributed by atoms with Gasteiger partial charge in [0.1, 0.15) is 23.9 Å². The maximum Gasteiger partial charge on any atom is 0.253 e. The number of nitrogens with zero attached hydrogens (tertiary/aromatic N) is 1. The van der Waals surface area contributed by atoms with Crippen molar-refractivity contribution < 1.29 is 23.5 Å². The average molecular weight is 474 g/mol. The number of benzene rings is 3. The molecular formula is C29H28FNO4. The molecule has 1 amide bonds. The van der Waals surface area contributed by atoms with Gasteiger partial charge in [0.25, 0.3) is 5.91 Å². The fraction of sp³-hybridized carbons (Fsp3) is 0.310. The molecule has 0 aromatic heterocycles. The van der Waals surface area contributed by atoms with Crippen LogP contribution in [-0.2, 0) is 11.2 Å². The third-order valence-corrected chi connectivity index (χ3v) is 7.06. The summed E-state index contributed by atoms with van der Waals surface area (Å²) < 4.78 is 24.6. The quantitative estimate of drug-likeness (QED) is 0.522. The average Bonchev–Trinajstić information content (AvgIpc) is 2.89. The van der Waals surface area contributed by atoms with Crippen molar-refractivity contribution in [2.24, 2.45) is 5.92 Å². The summed E-state index contributed by atoms with van der Waals surface area (Å²) in [7, 11) is 1.65. The summed E-state index contributed by atoms with van der Waals surface area (Å²) >= 11 is 0. The molecule has 5 rings (SSSR count). The lowest BCUT2D eigenvalue weighted by Gasteiger charge is -2.37. The lowest BCUT2D eigenvalue weighted by atomic mass is 9.76. The monoisotopic (exact) mass is 473 g/mol. The van der Waals surface area contributed by atoms with E-state index in [9.17, 15) is 14.0 Å². The maximum atomic E-state index is 13.7. The summed E-state index contributed by atoms with van der Waals surface area (Å²) in [5.41, 5.74) is 3.55. The molecule has 1 atom stereocenters. The van der Waals surface area contributed by atoms with E-state index < -0.39 is 0 Å². The highest BCUT2D eigenvalue weighted by atomic mass is 19.1. The number of halogens is 1. The van der Waals surface area contributed by atoms with Crippen LogP contribution in [0.4, 0.5) is 4.39 Å². The van der Waals surface area contributed by atoms with Crippen LogP contribution in [0.15, 0.2) is 66.7 Å². The Hall–Kier alpha value is -3.67. The number of hydrogen-bond donors (Lipinski definition) is 0. The van der Waals surface area contributed by atoms with Gasteiger partial charge in [-0.1, -0.05) is 24.3 Å². The maximum absolute atomic E-state index is 13.7. The first-order valence-electron chi connectivity index (χ1n) is 12.0. The minimum absolute atomic E-state index is 0.0206. The summed E-state index contributed by atoms with van der Waals surface area (Å²) in [6.45, 7) is 1.37. The predicted octanol–water partition coefficient (Wildman–Crippen LogP) is 5.02. The molecule has 0 bridgehead atoms. The number of piperidine rings is 1. The molecule has 3 aromatic carbocycles. The summed E-state index contributed by atoms with van der Waals surface area (Å²) in [6.07, 6.45) is 1.97. The van der Waals surface area contributed by atoms with Crippen LogP contribution in [0.3, 0.4) is 0 Å². The fourth-order valence-corrected chi connectivity index (χ4v) is 5.27. The Morgan fingerprint density at radius 1 is 1.03 bits per heavy atom. The van der Waals surface area contributed by atoms with Crippen LogP contribution in [0.1, 0.15) is 45.8 Å². The Morgan fingerprint density at radius 2 is 1.80 bits per heavy atom. The van der Waals surface area contributed by atoms with Crippen molar-refractivity contribution in [2.45, 2.75) is 25.2 Å². The molecule has 180 valence electrons. The highest BCUT2D eigenvalue weighted by Crippen LogP contribution is 2.39. The molecule has 1 saturated heterocycles. The fourth-order valence-electron chi connectivity index (χ4n) is 5.27. The van der Waals surface area contributed by atoms with Gasteiger partial charge in [0.15, 0.2) is 5.78 Å². The Kier molecular flexibility index (Phi) is 6.53. The lowest BCUT2D eigenvalue weighted by molar-refractivity contribution is -0.121. The highest BCUT2D eigenvalue weighted by Gasteiger charge is 2.31. The third-order valence-electron chi connectivity index (χ3n) is 7.06. The first-order valence-corrected chi connectivity index (χ1v) is 12.0. The van der Waals surface area contributed by atoms with E-state index >= 15 is 0 Å². The second kappa shape index (κ2) is 9.90. The van der Waals surface area contributed by atoms with E-state index in [2.05, 4.69) is 6.07 Å². The zero-order chi connectivity index (χ0) is 24.4. The van der Waals surface area contributed by atoms with Crippen molar-refractivity contribution in [3.05, 3.63) is 94.8 Å². The number of ketones is 1. The third kappa shape index (κ3) is 4.92. The lowest BCUT2D eigenvalue weighted by Crippen LogP contribution is -2.40.